The second-order valence-electron chi connectivity index (χ2n) is 7.21. The van der Waals surface area contributed by atoms with Gasteiger partial charge >= 0.3 is 6.03 Å². The number of nitrogens with zero attached hydrogens (tertiary/aromatic N) is 1. The predicted octanol–water partition coefficient (Wildman–Crippen LogP) is 2.91. The summed E-state index contributed by atoms with van der Waals surface area (Å²) in [5, 5.41) is 2.23. The van der Waals surface area contributed by atoms with Crippen LogP contribution in [0.4, 0.5) is 4.79 Å². The minimum Gasteiger partial charge on any atom is -0.489 e. The van der Waals surface area contributed by atoms with E-state index < -0.39 is 17.8 Å². The van der Waals surface area contributed by atoms with E-state index in [1.54, 1.807) is 24.3 Å². The van der Waals surface area contributed by atoms with Gasteiger partial charge in [0.1, 0.15) is 17.9 Å². The second kappa shape index (κ2) is 8.92. The van der Waals surface area contributed by atoms with Crippen molar-refractivity contribution in [2.45, 2.75) is 25.6 Å². The van der Waals surface area contributed by atoms with Crippen molar-refractivity contribution in [1.82, 2.24) is 10.2 Å². The average molecular weight is 406 g/mol. The van der Waals surface area contributed by atoms with Crippen molar-refractivity contribution in [1.29, 1.82) is 0 Å². The van der Waals surface area contributed by atoms with Gasteiger partial charge < -0.3 is 9.47 Å². The molecule has 2 fully saturated rings. The molecule has 2 aliphatic heterocycles. The first-order valence-electron chi connectivity index (χ1n) is 9.87. The largest absolute Gasteiger partial charge is 0.489 e. The summed E-state index contributed by atoms with van der Waals surface area (Å²) in [4.78, 5) is 38.1. The lowest BCUT2D eigenvalue weighted by atomic mass is 10.1. The number of ether oxygens (including phenoxy) is 2. The molecule has 4 rings (SSSR count). The summed E-state index contributed by atoms with van der Waals surface area (Å²) in [5.41, 5.74) is 1.64. The summed E-state index contributed by atoms with van der Waals surface area (Å²) in [6, 6.07) is 16.2. The Hall–Kier alpha value is -3.45. The zero-order valence-electron chi connectivity index (χ0n) is 16.4. The number of nitrogens with one attached hydrogen (secondary N) is 1. The minimum atomic E-state index is -0.706. The Morgan fingerprint density at radius 3 is 2.53 bits per heavy atom. The standard InChI is InChI=1S/C23H22N2O5/c26-21-20(22(27)25(23(28)24-21)14-19-7-4-12-29-19)13-16-8-10-18(11-9-16)30-15-17-5-2-1-3-6-17/h1-3,5-6,8-11,13,19H,4,7,12,14-15H2,(H,24,26,28). The average Bonchev–Trinajstić information content (AvgIpc) is 3.28. The molecule has 30 heavy (non-hydrogen) atoms. The normalized spacial score (nSPS) is 20.5. The molecule has 2 aliphatic rings. The highest BCUT2D eigenvalue weighted by Crippen LogP contribution is 2.20. The number of hydrogen-bond acceptors (Lipinski definition) is 5. The van der Waals surface area contributed by atoms with Gasteiger partial charge in [-0.05, 0) is 42.2 Å². The topological polar surface area (TPSA) is 84.9 Å². The van der Waals surface area contributed by atoms with Crippen LogP contribution in [0.1, 0.15) is 24.0 Å². The Morgan fingerprint density at radius 2 is 1.83 bits per heavy atom. The molecule has 2 aromatic carbocycles. The molecule has 0 saturated carbocycles. The molecule has 2 heterocycles. The number of hydrogen-bond donors (Lipinski definition) is 1. The van der Waals surface area contributed by atoms with Gasteiger partial charge in [-0.1, -0.05) is 42.5 Å². The number of imide groups is 2. The van der Waals surface area contributed by atoms with Crippen LogP contribution in [0.2, 0.25) is 0 Å². The fourth-order valence-corrected chi connectivity index (χ4v) is 3.42. The van der Waals surface area contributed by atoms with Crippen LogP contribution in [-0.2, 0) is 20.9 Å². The van der Waals surface area contributed by atoms with Crippen molar-refractivity contribution in [2.24, 2.45) is 0 Å². The summed E-state index contributed by atoms with van der Waals surface area (Å²) in [6.45, 7) is 1.21. The van der Waals surface area contributed by atoms with Gasteiger partial charge in [0.05, 0.1) is 12.6 Å². The first kappa shape index (κ1) is 19.8. The molecule has 2 aromatic rings. The maximum absolute atomic E-state index is 12.8. The molecule has 154 valence electrons. The summed E-state index contributed by atoms with van der Waals surface area (Å²) in [6.07, 6.45) is 2.98. The molecule has 0 radical (unpaired) electrons. The molecule has 1 atom stereocenters. The van der Waals surface area contributed by atoms with E-state index in [2.05, 4.69) is 5.32 Å². The third kappa shape index (κ3) is 4.58. The molecule has 0 spiro atoms. The van der Waals surface area contributed by atoms with Crippen LogP contribution in [0.25, 0.3) is 6.08 Å². The molecule has 1 unspecified atom stereocenters. The Balaban J connectivity index is 1.44. The minimum absolute atomic E-state index is 0.0782. The summed E-state index contributed by atoms with van der Waals surface area (Å²) in [7, 11) is 0. The van der Waals surface area contributed by atoms with Crippen molar-refractivity contribution in [3.63, 3.8) is 0 Å². The van der Waals surface area contributed by atoms with E-state index in [-0.39, 0.29) is 18.2 Å². The Kier molecular flexibility index (Phi) is 5.90. The SMILES string of the molecule is O=C1NC(=O)N(CC2CCCO2)C(=O)C1=Cc1ccc(OCc2ccccc2)cc1. The van der Waals surface area contributed by atoms with Crippen LogP contribution in [0.3, 0.4) is 0 Å². The second-order valence-corrected chi connectivity index (χ2v) is 7.21. The Morgan fingerprint density at radius 1 is 1.07 bits per heavy atom. The van der Waals surface area contributed by atoms with E-state index in [1.807, 2.05) is 30.3 Å². The van der Waals surface area contributed by atoms with Gasteiger partial charge in [-0.2, -0.15) is 0 Å². The summed E-state index contributed by atoms with van der Waals surface area (Å²) in [5.74, 6) is -0.628. The van der Waals surface area contributed by atoms with Crippen molar-refractivity contribution >= 4 is 23.9 Å². The first-order chi connectivity index (χ1) is 14.6. The molecule has 0 aromatic heterocycles. The quantitative estimate of drug-likeness (QED) is 0.589. The molecule has 0 bridgehead atoms. The van der Waals surface area contributed by atoms with Gasteiger partial charge in [0.15, 0.2) is 0 Å². The monoisotopic (exact) mass is 406 g/mol. The van der Waals surface area contributed by atoms with Gasteiger partial charge in [-0.15, -0.1) is 0 Å². The molecule has 0 aliphatic carbocycles. The van der Waals surface area contributed by atoms with Crippen LogP contribution in [0.5, 0.6) is 5.75 Å². The molecule has 7 nitrogen and oxygen atoms in total. The number of urea groups is 1. The van der Waals surface area contributed by atoms with Crippen LogP contribution in [-0.4, -0.2) is 42.0 Å². The van der Waals surface area contributed by atoms with Crippen LogP contribution < -0.4 is 10.1 Å². The lowest BCUT2D eigenvalue weighted by molar-refractivity contribution is -0.131. The lowest BCUT2D eigenvalue weighted by Crippen LogP contribution is -2.55. The molecule has 2 saturated heterocycles. The lowest BCUT2D eigenvalue weighted by Gasteiger charge is -2.28. The maximum Gasteiger partial charge on any atom is 0.331 e. The fraction of sp³-hybridized carbons (Fsp3) is 0.261. The summed E-state index contributed by atoms with van der Waals surface area (Å²) >= 11 is 0. The molecule has 4 amide bonds. The van der Waals surface area contributed by atoms with Crippen molar-refractivity contribution in [3.05, 3.63) is 71.3 Å². The van der Waals surface area contributed by atoms with E-state index in [9.17, 15) is 14.4 Å². The Bertz CT molecular complexity index is 963. The van der Waals surface area contributed by atoms with Gasteiger partial charge in [0.25, 0.3) is 11.8 Å². The van der Waals surface area contributed by atoms with Crippen molar-refractivity contribution in [3.8, 4) is 5.75 Å². The number of carbonyl (C=O) groups excluding carboxylic acids is 3. The van der Waals surface area contributed by atoms with Crippen molar-refractivity contribution in [2.75, 3.05) is 13.2 Å². The van der Waals surface area contributed by atoms with E-state index in [4.69, 9.17) is 9.47 Å². The van der Waals surface area contributed by atoms with Crippen LogP contribution >= 0.6 is 0 Å². The number of rotatable bonds is 6. The highest BCUT2D eigenvalue weighted by Gasteiger charge is 2.37. The first-order valence-corrected chi connectivity index (χ1v) is 9.87. The van der Waals surface area contributed by atoms with E-state index in [0.29, 0.717) is 24.5 Å². The molecular formula is C23H22N2O5. The zero-order valence-corrected chi connectivity index (χ0v) is 16.4. The van der Waals surface area contributed by atoms with Crippen LogP contribution in [0.15, 0.2) is 60.2 Å². The number of amides is 4. The smallest absolute Gasteiger partial charge is 0.331 e. The van der Waals surface area contributed by atoms with E-state index >= 15 is 0 Å². The molecule has 1 N–H and O–H groups in total. The van der Waals surface area contributed by atoms with Gasteiger partial charge in [-0.25, -0.2) is 4.79 Å². The highest BCUT2D eigenvalue weighted by atomic mass is 16.5. The van der Waals surface area contributed by atoms with Crippen LogP contribution in [0, 0.1) is 0 Å². The van der Waals surface area contributed by atoms with Gasteiger partial charge in [0, 0.05) is 6.61 Å². The summed E-state index contributed by atoms with van der Waals surface area (Å²) < 4.78 is 11.3. The maximum atomic E-state index is 12.8. The molecule has 7 heteroatoms. The fourth-order valence-electron chi connectivity index (χ4n) is 3.42. The predicted molar refractivity (Wildman–Crippen MR) is 109 cm³/mol. The van der Waals surface area contributed by atoms with E-state index in [0.717, 1.165) is 23.3 Å². The third-order valence-corrected chi connectivity index (χ3v) is 5.04. The zero-order chi connectivity index (χ0) is 20.9. The highest BCUT2D eigenvalue weighted by molar-refractivity contribution is 6.31. The number of barbiturate groups is 1. The number of benzene rings is 2. The van der Waals surface area contributed by atoms with Gasteiger partial charge in [-0.3, -0.25) is 19.8 Å². The molecular weight excluding hydrogens is 384 g/mol. The Labute approximate surface area is 174 Å². The van der Waals surface area contributed by atoms with Gasteiger partial charge in [0.2, 0.25) is 0 Å². The number of carbonyl (C=O) groups is 3. The van der Waals surface area contributed by atoms with E-state index in [1.165, 1.54) is 6.08 Å². The van der Waals surface area contributed by atoms with Crippen molar-refractivity contribution < 1.29 is 23.9 Å². The third-order valence-electron chi connectivity index (χ3n) is 5.04.